The van der Waals surface area contributed by atoms with Crippen LogP contribution in [0.4, 0.5) is 0 Å². The summed E-state index contributed by atoms with van der Waals surface area (Å²) in [6.07, 6.45) is 1.70. The lowest BCUT2D eigenvalue weighted by Crippen LogP contribution is -2.01. The Morgan fingerprint density at radius 3 is 2.95 bits per heavy atom. The molecule has 22 heavy (non-hydrogen) atoms. The molecule has 0 unspecified atom stereocenters. The zero-order valence-corrected chi connectivity index (χ0v) is 13.6. The topological polar surface area (TPSA) is 81.8 Å². The summed E-state index contributed by atoms with van der Waals surface area (Å²) < 4.78 is 0. The number of nitrogens with two attached hydrogens (primary N) is 1. The summed E-state index contributed by atoms with van der Waals surface area (Å²) in [6, 6.07) is 7.50. The van der Waals surface area contributed by atoms with Crippen LogP contribution in [0.25, 0.3) is 11.0 Å². The molecule has 0 aliphatic carbocycles. The zero-order chi connectivity index (χ0) is 15.5. The van der Waals surface area contributed by atoms with E-state index in [0.29, 0.717) is 23.8 Å². The Morgan fingerprint density at radius 2 is 2.18 bits per heavy atom. The summed E-state index contributed by atoms with van der Waals surface area (Å²) >= 11 is 2.87. The molecule has 3 aromatic rings. The Hall–Kier alpha value is -1.83. The predicted molar refractivity (Wildman–Crippen MR) is 89.3 cm³/mol. The van der Waals surface area contributed by atoms with Gasteiger partial charge < -0.3 is 5.73 Å². The first-order chi connectivity index (χ1) is 10.7. The van der Waals surface area contributed by atoms with Gasteiger partial charge in [0.25, 0.3) is 0 Å². The second kappa shape index (κ2) is 6.51. The summed E-state index contributed by atoms with van der Waals surface area (Å²) in [4.78, 5) is 27.0. The third kappa shape index (κ3) is 3.16. The number of thioether (sulfide) groups is 1. The van der Waals surface area contributed by atoms with Crippen LogP contribution in [0.1, 0.15) is 20.4 Å². The minimum Gasteiger partial charge on any atom is -0.326 e. The normalized spacial score (nSPS) is 11.0. The number of aromatic nitrogens is 3. The lowest BCUT2D eigenvalue weighted by molar-refractivity contribution is 0.102. The second-order valence-corrected chi connectivity index (χ2v) is 6.76. The molecule has 0 aliphatic rings. The van der Waals surface area contributed by atoms with Gasteiger partial charge in [-0.1, -0.05) is 11.8 Å². The number of fused-ring (bicyclic) bond motifs is 1. The fourth-order valence-electron chi connectivity index (χ4n) is 1.99. The van der Waals surface area contributed by atoms with Crippen molar-refractivity contribution in [3.8, 4) is 0 Å². The predicted octanol–water partition coefficient (Wildman–Crippen LogP) is 2.83. The molecule has 0 atom stereocenters. The van der Waals surface area contributed by atoms with E-state index in [9.17, 15) is 4.79 Å². The van der Waals surface area contributed by atoms with E-state index >= 15 is 0 Å². The quantitative estimate of drug-likeness (QED) is 0.440. The molecular weight excluding hydrogens is 316 g/mol. The molecule has 0 saturated heterocycles. The number of pyridine rings is 1. The second-order valence-electron chi connectivity index (χ2n) is 4.63. The highest BCUT2D eigenvalue weighted by Gasteiger charge is 2.13. The Morgan fingerprint density at radius 1 is 1.32 bits per heavy atom. The maximum atomic E-state index is 12.3. The highest BCUT2D eigenvalue weighted by atomic mass is 32.2. The Bertz CT molecular complexity index is 831. The highest BCUT2D eigenvalue weighted by molar-refractivity contribution is 8.00. The van der Waals surface area contributed by atoms with E-state index < -0.39 is 0 Å². The lowest BCUT2D eigenvalue weighted by Gasteiger charge is -2.05. The molecule has 112 valence electrons. The van der Waals surface area contributed by atoms with E-state index in [-0.39, 0.29) is 5.78 Å². The van der Waals surface area contributed by atoms with Crippen LogP contribution >= 0.6 is 23.1 Å². The van der Waals surface area contributed by atoms with Crippen LogP contribution in [0.3, 0.4) is 0 Å². The number of rotatable bonds is 5. The molecule has 0 aliphatic heterocycles. The van der Waals surface area contributed by atoms with E-state index in [1.165, 1.54) is 23.1 Å². The van der Waals surface area contributed by atoms with E-state index in [0.717, 1.165) is 20.2 Å². The van der Waals surface area contributed by atoms with Gasteiger partial charge in [0.2, 0.25) is 0 Å². The molecule has 0 radical (unpaired) electrons. The molecule has 3 rings (SSSR count). The van der Waals surface area contributed by atoms with Gasteiger partial charge in [-0.15, -0.1) is 11.3 Å². The fourth-order valence-corrected chi connectivity index (χ4v) is 3.84. The number of hydrogen-bond donors (Lipinski definition) is 1. The third-order valence-electron chi connectivity index (χ3n) is 3.03. The molecule has 0 aromatic carbocycles. The van der Waals surface area contributed by atoms with Crippen molar-refractivity contribution in [3.63, 3.8) is 0 Å². The van der Waals surface area contributed by atoms with Crippen LogP contribution in [0.5, 0.6) is 0 Å². The first kappa shape index (κ1) is 15.1. The number of carbonyl (C=O) groups excluding carboxylic acids is 1. The van der Waals surface area contributed by atoms with E-state index in [2.05, 4.69) is 15.0 Å². The first-order valence-corrected chi connectivity index (χ1v) is 8.51. The smallest absolute Gasteiger partial charge is 0.183 e. The fraction of sp³-hybridized carbons (Fsp3) is 0.200. The summed E-state index contributed by atoms with van der Waals surface area (Å²) in [5, 5.41) is 1.67. The number of thiophene rings is 1. The van der Waals surface area contributed by atoms with Crippen LogP contribution in [0.2, 0.25) is 0 Å². The highest BCUT2D eigenvalue weighted by Crippen LogP contribution is 2.26. The number of hydrogen-bond acceptors (Lipinski definition) is 7. The number of nitrogens with zero attached hydrogens (tertiary/aromatic N) is 3. The van der Waals surface area contributed by atoms with Crippen molar-refractivity contribution < 1.29 is 4.79 Å². The van der Waals surface area contributed by atoms with E-state index in [1.807, 2.05) is 31.2 Å². The van der Waals surface area contributed by atoms with E-state index in [1.54, 1.807) is 6.20 Å². The zero-order valence-electron chi connectivity index (χ0n) is 11.9. The number of aryl methyl sites for hydroxylation is 1. The average molecular weight is 330 g/mol. The van der Waals surface area contributed by atoms with Gasteiger partial charge in [-0.25, -0.2) is 15.0 Å². The molecule has 5 nitrogen and oxygen atoms in total. The van der Waals surface area contributed by atoms with Gasteiger partial charge >= 0.3 is 0 Å². The van der Waals surface area contributed by atoms with Gasteiger partial charge in [0.15, 0.2) is 11.4 Å². The number of Topliss-reactive ketones (excluding diaryl/α,β-unsaturated/α-hetero) is 1. The van der Waals surface area contributed by atoms with Crippen molar-refractivity contribution in [2.75, 3.05) is 5.75 Å². The van der Waals surface area contributed by atoms with Crippen molar-refractivity contribution in [2.45, 2.75) is 18.5 Å². The molecule has 0 fully saturated rings. The van der Waals surface area contributed by atoms with Gasteiger partial charge in [-0.3, -0.25) is 4.79 Å². The Kier molecular flexibility index (Phi) is 4.47. The summed E-state index contributed by atoms with van der Waals surface area (Å²) in [6.45, 7) is 2.29. The van der Waals surface area contributed by atoms with Gasteiger partial charge in [-0.05, 0) is 31.2 Å². The molecule has 7 heteroatoms. The molecule has 0 bridgehead atoms. The van der Waals surface area contributed by atoms with Crippen molar-refractivity contribution in [2.24, 2.45) is 5.73 Å². The van der Waals surface area contributed by atoms with Crippen molar-refractivity contribution in [1.82, 2.24) is 15.0 Å². The van der Waals surface area contributed by atoms with Crippen LogP contribution in [-0.4, -0.2) is 26.5 Å². The van der Waals surface area contributed by atoms with Gasteiger partial charge in [0.1, 0.15) is 10.9 Å². The maximum absolute atomic E-state index is 12.3. The Balaban J connectivity index is 1.80. The van der Waals surface area contributed by atoms with Gasteiger partial charge in [-0.2, -0.15) is 0 Å². The summed E-state index contributed by atoms with van der Waals surface area (Å²) in [7, 11) is 0. The van der Waals surface area contributed by atoms with Gasteiger partial charge in [0.05, 0.1) is 16.0 Å². The summed E-state index contributed by atoms with van der Waals surface area (Å²) in [5.41, 5.74) is 6.24. The van der Waals surface area contributed by atoms with Crippen molar-refractivity contribution in [1.29, 1.82) is 0 Å². The van der Waals surface area contributed by atoms with Crippen molar-refractivity contribution >= 4 is 39.9 Å². The maximum Gasteiger partial charge on any atom is 0.183 e. The lowest BCUT2D eigenvalue weighted by atomic mass is 10.3. The van der Waals surface area contributed by atoms with Gasteiger partial charge in [0, 0.05) is 17.6 Å². The summed E-state index contributed by atoms with van der Waals surface area (Å²) in [5.74, 6) is 1.08. The van der Waals surface area contributed by atoms with Crippen LogP contribution in [-0.2, 0) is 6.54 Å². The standard InChI is InChI=1S/C15H14N4OS2/c1-9-18-14-11(3-2-6-17-14)15(19-9)21-8-12(20)13-5-4-10(7-16)22-13/h2-6H,7-8,16H2,1H3. The minimum absolute atomic E-state index is 0.0861. The number of ketones is 1. The number of carbonyl (C=O) groups is 1. The SMILES string of the molecule is Cc1nc(SCC(=O)c2ccc(CN)s2)c2cccnc2n1. The molecule has 3 aromatic heterocycles. The van der Waals surface area contributed by atoms with Crippen LogP contribution < -0.4 is 5.73 Å². The average Bonchev–Trinajstić information content (AvgIpc) is 3.01. The molecule has 0 amide bonds. The van der Waals surface area contributed by atoms with Crippen LogP contribution in [0, 0.1) is 6.92 Å². The molecular formula is C15H14N4OS2. The minimum atomic E-state index is 0.0861. The van der Waals surface area contributed by atoms with E-state index in [4.69, 9.17) is 5.73 Å². The first-order valence-electron chi connectivity index (χ1n) is 6.71. The monoisotopic (exact) mass is 330 g/mol. The van der Waals surface area contributed by atoms with Crippen molar-refractivity contribution in [3.05, 3.63) is 46.0 Å². The molecule has 0 spiro atoms. The van der Waals surface area contributed by atoms with Crippen LogP contribution in [0.15, 0.2) is 35.5 Å². The molecule has 3 heterocycles. The Labute approximate surface area is 136 Å². The molecule has 2 N–H and O–H groups in total. The molecule has 0 saturated carbocycles. The largest absolute Gasteiger partial charge is 0.326 e. The third-order valence-corrected chi connectivity index (χ3v) is 5.17.